The number of ether oxygens (including phenoxy) is 1. The van der Waals surface area contributed by atoms with Crippen LogP contribution < -0.4 is 5.32 Å². The molecule has 1 N–H and O–H groups in total. The Morgan fingerprint density at radius 2 is 2.15 bits per heavy atom. The molecule has 4 nitrogen and oxygen atoms in total. The average molecular weight is 389 g/mol. The Labute approximate surface area is 154 Å². The van der Waals surface area contributed by atoms with E-state index in [1.54, 1.807) is 13.8 Å². The fourth-order valence-corrected chi connectivity index (χ4v) is 3.34. The summed E-state index contributed by atoms with van der Waals surface area (Å²) in [7, 11) is 0. The number of urea groups is 1. The lowest BCUT2D eigenvalue weighted by Gasteiger charge is -2.39. The summed E-state index contributed by atoms with van der Waals surface area (Å²) >= 11 is 6.00. The second-order valence-corrected chi connectivity index (χ2v) is 6.95. The van der Waals surface area contributed by atoms with Crippen LogP contribution in [-0.2, 0) is 10.3 Å². The lowest BCUT2D eigenvalue weighted by molar-refractivity contribution is -0.276. The minimum atomic E-state index is -4.75. The van der Waals surface area contributed by atoms with Crippen molar-refractivity contribution in [3.8, 4) is 0 Å². The molecule has 142 valence electrons. The molecule has 1 aliphatic heterocycles. The molecule has 1 unspecified atom stereocenters. The number of amides is 2. The van der Waals surface area contributed by atoms with E-state index >= 15 is 0 Å². The van der Waals surface area contributed by atoms with E-state index in [4.69, 9.17) is 16.3 Å². The molecule has 1 aromatic rings. The van der Waals surface area contributed by atoms with Crippen molar-refractivity contribution in [2.75, 3.05) is 11.9 Å². The third-order valence-electron chi connectivity index (χ3n) is 4.73. The van der Waals surface area contributed by atoms with Crippen LogP contribution in [0.2, 0.25) is 5.02 Å². The van der Waals surface area contributed by atoms with Gasteiger partial charge in [-0.1, -0.05) is 18.5 Å². The molecule has 1 aliphatic carbocycles. The van der Waals surface area contributed by atoms with Gasteiger partial charge in [0.15, 0.2) is 0 Å². The number of benzene rings is 1. The molecular weight excluding hydrogens is 369 g/mol. The van der Waals surface area contributed by atoms with E-state index in [0.717, 1.165) is 0 Å². The topological polar surface area (TPSA) is 41.6 Å². The highest BCUT2D eigenvalue weighted by atomic mass is 35.5. The summed E-state index contributed by atoms with van der Waals surface area (Å²) < 4.78 is 48.9. The van der Waals surface area contributed by atoms with E-state index in [1.165, 1.54) is 29.2 Å². The number of fused-ring (bicyclic) bond motifs is 1. The van der Waals surface area contributed by atoms with Crippen molar-refractivity contribution >= 4 is 23.3 Å². The van der Waals surface area contributed by atoms with Crippen LogP contribution in [0.1, 0.15) is 38.7 Å². The second kappa shape index (κ2) is 6.68. The van der Waals surface area contributed by atoms with Gasteiger partial charge in [0.25, 0.3) is 0 Å². The van der Waals surface area contributed by atoms with Crippen molar-refractivity contribution in [1.29, 1.82) is 0 Å². The zero-order valence-corrected chi connectivity index (χ0v) is 15.2. The highest BCUT2D eigenvalue weighted by molar-refractivity contribution is 6.30. The third-order valence-corrected chi connectivity index (χ3v) is 4.97. The zero-order valence-electron chi connectivity index (χ0n) is 14.5. The molecule has 0 radical (unpaired) electrons. The number of nitrogens with one attached hydrogen (secondary N) is 1. The highest BCUT2D eigenvalue weighted by Gasteiger charge is 2.63. The van der Waals surface area contributed by atoms with E-state index in [9.17, 15) is 18.0 Å². The van der Waals surface area contributed by atoms with Gasteiger partial charge < -0.3 is 15.0 Å². The van der Waals surface area contributed by atoms with Gasteiger partial charge >= 0.3 is 12.2 Å². The third kappa shape index (κ3) is 3.24. The number of carbonyl (C=O) groups excluding carboxylic acids is 1. The normalized spacial score (nSPS) is 24.0. The summed E-state index contributed by atoms with van der Waals surface area (Å²) in [6.07, 6.45) is -1.57. The first-order chi connectivity index (χ1) is 12.2. The summed E-state index contributed by atoms with van der Waals surface area (Å²) in [5.41, 5.74) is -2.81. The maximum absolute atomic E-state index is 14.4. The number of carbonyl (C=O) groups is 1. The molecule has 3 rings (SSSR count). The largest absolute Gasteiger partial charge is 0.476 e. The molecule has 1 atom stereocenters. The second-order valence-electron chi connectivity index (χ2n) is 6.51. The van der Waals surface area contributed by atoms with Crippen LogP contribution in [0, 0.1) is 0 Å². The van der Waals surface area contributed by atoms with Gasteiger partial charge in [-0.25, -0.2) is 4.79 Å². The Morgan fingerprint density at radius 1 is 1.46 bits per heavy atom. The van der Waals surface area contributed by atoms with Crippen molar-refractivity contribution < 1.29 is 22.7 Å². The van der Waals surface area contributed by atoms with Gasteiger partial charge in [0, 0.05) is 23.0 Å². The summed E-state index contributed by atoms with van der Waals surface area (Å²) in [6.45, 7) is 2.73. The molecule has 0 spiro atoms. The van der Waals surface area contributed by atoms with Crippen molar-refractivity contribution in [2.24, 2.45) is 0 Å². The van der Waals surface area contributed by atoms with Gasteiger partial charge in [-0.15, -0.1) is 0 Å². The number of alkyl halides is 3. The average Bonchev–Trinajstić information content (AvgIpc) is 3.40. The van der Waals surface area contributed by atoms with E-state index in [0.29, 0.717) is 19.3 Å². The molecule has 0 aromatic heterocycles. The van der Waals surface area contributed by atoms with Crippen LogP contribution in [0.25, 0.3) is 0 Å². The Kier molecular flexibility index (Phi) is 4.86. The van der Waals surface area contributed by atoms with E-state index < -0.39 is 24.4 Å². The van der Waals surface area contributed by atoms with Gasteiger partial charge in [-0.3, -0.25) is 0 Å². The first kappa shape index (κ1) is 18.9. The zero-order chi connectivity index (χ0) is 19.1. The fraction of sp³-hybridized carbons (Fsp3) is 0.500. The number of anilines is 1. The van der Waals surface area contributed by atoms with Crippen LogP contribution in [0.5, 0.6) is 0 Å². The van der Waals surface area contributed by atoms with Crippen LogP contribution in [0.3, 0.4) is 0 Å². The van der Waals surface area contributed by atoms with Gasteiger partial charge in [-0.05, 0) is 44.0 Å². The number of hydrogen-bond donors (Lipinski definition) is 1. The Hall–Kier alpha value is -1.89. The SMILES string of the molecule is CC=C(CC)OC1(C(F)(F)F)CN(C2CC2)C(=O)Nc2ccc(Cl)cc21. The van der Waals surface area contributed by atoms with E-state index in [2.05, 4.69) is 5.32 Å². The molecule has 1 aromatic carbocycles. The van der Waals surface area contributed by atoms with Crippen molar-refractivity contribution in [3.63, 3.8) is 0 Å². The summed E-state index contributed by atoms with van der Waals surface area (Å²) in [6, 6.07) is 3.30. The van der Waals surface area contributed by atoms with E-state index in [1.807, 2.05) is 0 Å². The molecule has 1 fully saturated rings. The molecule has 0 saturated heterocycles. The quantitative estimate of drug-likeness (QED) is 0.698. The minimum absolute atomic E-state index is 0.0615. The van der Waals surface area contributed by atoms with Crippen LogP contribution in [0.4, 0.5) is 23.7 Å². The number of nitrogens with zero attached hydrogens (tertiary/aromatic N) is 1. The molecule has 26 heavy (non-hydrogen) atoms. The fourth-order valence-electron chi connectivity index (χ4n) is 3.17. The first-order valence-electron chi connectivity index (χ1n) is 8.50. The first-order valence-corrected chi connectivity index (χ1v) is 8.88. The van der Waals surface area contributed by atoms with Crippen LogP contribution >= 0.6 is 11.6 Å². The Bertz CT molecular complexity index is 746. The van der Waals surface area contributed by atoms with Gasteiger partial charge in [0.2, 0.25) is 5.60 Å². The number of rotatable bonds is 4. The van der Waals surface area contributed by atoms with Gasteiger partial charge in [0.05, 0.1) is 18.0 Å². The predicted octanol–water partition coefficient (Wildman–Crippen LogP) is 5.44. The summed E-state index contributed by atoms with van der Waals surface area (Å²) in [4.78, 5) is 13.8. The molecule has 1 heterocycles. The lowest BCUT2D eigenvalue weighted by atomic mass is 9.90. The molecule has 8 heteroatoms. The van der Waals surface area contributed by atoms with Crippen molar-refractivity contribution in [1.82, 2.24) is 4.90 Å². The van der Waals surface area contributed by atoms with Gasteiger partial charge in [0.1, 0.15) is 0 Å². The summed E-state index contributed by atoms with van der Waals surface area (Å²) in [5, 5.41) is 2.73. The molecule has 1 saturated carbocycles. The predicted molar refractivity (Wildman–Crippen MR) is 93.1 cm³/mol. The van der Waals surface area contributed by atoms with Crippen LogP contribution in [0.15, 0.2) is 30.0 Å². The van der Waals surface area contributed by atoms with Gasteiger partial charge in [-0.2, -0.15) is 13.2 Å². The van der Waals surface area contributed by atoms with E-state index in [-0.39, 0.29) is 28.1 Å². The molecular formula is C18H20ClF3N2O2. The smallest absolute Gasteiger partial charge is 0.434 e. The van der Waals surface area contributed by atoms with Crippen molar-refractivity contribution in [3.05, 3.63) is 40.6 Å². The minimum Gasteiger partial charge on any atom is -0.476 e. The molecule has 2 amide bonds. The highest BCUT2D eigenvalue weighted by Crippen LogP contribution is 2.50. The maximum Gasteiger partial charge on any atom is 0.434 e. The Morgan fingerprint density at radius 3 is 2.69 bits per heavy atom. The lowest BCUT2D eigenvalue weighted by Crippen LogP contribution is -2.53. The summed E-state index contributed by atoms with van der Waals surface area (Å²) in [5.74, 6) is 0.207. The maximum atomic E-state index is 14.4. The molecule has 2 aliphatic rings. The number of halogens is 4. The Balaban J connectivity index is 2.22. The number of hydrogen-bond acceptors (Lipinski definition) is 2. The monoisotopic (exact) mass is 388 g/mol. The van der Waals surface area contributed by atoms with Crippen LogP contribution in [-0.4, -0.2) is 29.7 Å². The van der Waals surface area contributed by atoms with Crippen molar-refractivity contribution in [2.45, 2.75) is 50.9 Å². The molecule has 0 bridgehead atoms. The standard InChI is InChI=1S/C18H20ClF3N2O2/c1-3-13(4-2)26-17(18(20,21)22)10-24(12-6-7-12)16(25)23-15-8-5-11(19)9-14(15)17/h3,5,8-9,12H,4,6-7,10H2,1-2H3,(H,23,25). The number of allylic oxidation sites excluding steroid dienone is 2.